The first-order chi connectivity index (χ1) is 9.51. The van der Waals surface area contributed by atoms with E-state index in [1.807, 2.05) is 26.0 Å². The molecule has 0 aromatic heterocycles. The molecule has 0 radical (unpaired) electrons. The Labute approximate surface area is 119 Å². The van der Waals surface area contributed by atoms with Crippen LogP contribution in [0.15, 0.2) is 36.4 Å². The van der Waals surface area contributed by atoms with Gasteiger partial charge in [-0.1, -0.05) is 23.8 Å². The number of halogens is 1. The number of rotatable bonds is 4. The third kappa shape index (κ3) is 3.17. The van der Waals surface area contributed by atoms with E-state index in [0.717, 1.165) is 28.0 Å². The Hall–Kier alpha value is -1.87. The minimum absolute atomic E-state index is 0.249. The lowest BCUT2D eigenvalue weighted by molar-refractivity contribution is 0.408. The van der Waals surface area contributed by atoms with Crippen molar-refractivity contribution in [1.82, 2.24) is 0 Å². The second kappa shape index (κ2) is 6.06. The van der Waals surface area contributed by atoms with E-state index in [2.05, 4.69) is 6.07 Å². The second-order valence-corrected chi connectivity index (χ2v) is 5.13. The Morgan fingerprint density at radius 1 is 1.15 bits per heavy atom. The summed E-state index contributed by atoms with van der Waals surface area (Å²) in [5.41, 5.74) is 10.3. The fourth-order valence-corrected chi connectivity index (χ4v) is 2.42. The Bertz CT molecular complexity index is 610. The van der Waals surface area contributed by atoms with Crippen LogP contribution < -0.4 is 10.5 Å². The largest absolute Gasteiger partial charge is 0.496 e. The molecule has 2 nitrogen and oxygen atoms in total. The number of hydrogen-bond acceptors (Lipinski definition) is 2. The van der Waals surface area contributed by atoms with E-state index < -0.39 is 0 Å². The standard InChI is InChI=1S/C17H20FNO/c1-11-4-7-17(20-3)13(8-11)9-16(19)15-10-14(18)6-5-12(15)2/h4-8,10,16H,9,19H2,1-3H3. The molecule has 1 unspecified atom stereocenters. The van der Waals surface area contributed by atoms with Crippen molar-refractivity contribution in [3.63, 3.8) is 0 Å². The third-order valence-electron chi connectivity index (χ3n) is 3.52. The van der Waals surface area contributed by atoms with Crippen LogP contribution in [0.3, 0.4) is 0 Å². The molecule has 2 aromatic carbocycles. The molecule has 2 N–H and O–H groups in total. The molecule has 2 rings (SSSR count). The van der Waals surface area contributed by atoms with Gasteiger partial charge < -0.3 is 10.5 Å². The minimum Gasteiger partial charge on any atom is -0.496 e. The Morgan fingerprint density at radius 3 is 2.60 bits per heavy atom. The first-order valence-corrected chi connectivity index (χ1v) is 6.66. The molecule has 0 heterocycles. The Kier molecular flexibility index (Phi) is 4.40. The predicted octanol–water partition coefficient (Wildman–Crippen LogP) is 3.69. The van der Waals surface area contributed by atoms with Gasteiger partial charge in [0.1, 0.15) is 11.6 Å². The Morgan fingerprint density at radius 2 is 1.90 bits per heavy atom. The van der Waals surface area contributed by atoms with Crippen LogP contribution in [0, 0.1) is 19.7 Å². The van der Waals surface area contributed by atoms with E-state index >= 15 is 0 Å². The van der Waals surface area contributed by atoms with Gasteiger partial charge in [0.2, 0.25) is 0 Å². The number of methoxy groups -OCH3 is 1. The van der Waals surface area contributed by atoms with Gasteiger partial charge in [0.25, 0.3) is 0 Å². The Balaban J connectivity index is 2.29. The van der Waals surface area contributed by atoms with E-state index in [1.54, 1.807) is 13.2 Å². The molecule has 0 saturated carbocycles. The summed E-state index contributed by atoms with van der Waals surface area (Å²) in [6, 6.07) is 10.5. The van der Waals surface area contributed by atoms with Crippen LogP contribution >= 0.6 is 0 Å². The van der Waals surface area contributed by atoms with Gasteiger partial charge in [-0.2, -0.15) is 0 Å². The zero-order chi connectivity index (χ0) is 14.7. The van der Waals surface area contributed by atoms with Gasteiger partial charge in [0, 0.05) is 6.04 Å². The van der Waals surface area contributed by atoms with E-state index in [4.69, 9.17) is 10.5 Å². The molecule has 0 aliphatic rings. The molecule has 0 aliphatic heterocycles. The SMILES string of the molecule is COc1ccc(C)cc1CC(N)c1cc(F)ccc1C. The summed E-state index contributed by atoms with van der Waals surface area (Å²) >= 11 is 0. The summed E-state index contributed by atoms with van der Waals surface area (Å²) in [4.78, 5) is 0. The number of aryl methyl sites for hydroxylation is 2. The van der Waals surface area contributed by atoms with Crippen LogP contribution in [-0.4, -0.2) is 7.11 Å². The van der Waals surface area contributed by atoms with Gasteiger partial charge in [0.15, 0.2) is 0 Å². The van der Waals surface area contributed by atoms with Gasteiger partial charge >= 0.3 is 0 Å². The highest BCUT2D eigenvalue weighted by Gasteiger charge is 2.13. The molecule has 0 bridgehead atoms. The summed E-state index contributed by atoms with van der Waals surface area (Å²) in [6.07, 6.45) is 0.620. The summed E-state index contributed by atoms with van der Waals surface area (Å²) in [6.45, 7) is 3.98. The van der Waals surface area contributed by atoms with Crippen molar-refractivity contribution < 1.29 is 9.13 Å². The maximum absolute atomic E-state index is 13.4. The maximum atomic E-state index is 13.4. The highest BCUT2D eigenvalue weighted by atomic mass is 19.1. The number of benzene rings is 2. The van der Waals surface area contributed by atoms with Gasteiger partial charge in [-0.25, -0.2) is 4.39 Å². The topological polar surface area (TPSA) is 35.2 Å². The van der Waals surface area contributed by atoms with Gasteiger partial charge in [-0.15, -0.1) is 0 Å². The third-order valence-corrected chi connectivity index (χ3v) is 3.52. The molecule has 3 heteroatoms. The van der Waals surface area contributed by atoms with Crippen LogP contribution in [0.25, 0.3) is 0 Å². The summed E-state index contributed by atoms with van der Waals surface area (Å²) in [7, 11) is 1.65. The van der Waals surface area contributed by atoms with Crippen molar-refractivity contribution in [1.29, 1.82) is 0 Å². The van der Waals surface area contributed by atoms with Crippen LogP contribution in [0.2, 0.25) is 0 Å². The van der Waals surface area contributed by atoms with Crippen molar-refractivity contribution in [3.8, 4) is 5.75 Å². The van der Waals surface area contributed by atoms with Crippen LogP contribution in [0.4, 0.5) is 4.39 Å². The number of nitrogens with two attached hydrogens (primary N) is 1. The van der Waals surface area contributed by atoms with Crippen molar-refractivity contribution in [2.75, 3.05) is 7.11 Å². The highest BCUT2D eigenvalue weighted by Crippen LogP contribution is 2.26. The molecular weight excluding hydrogens is 253 g/mol. The van der Waals surface area contributed by atoms with E-state index in [-0.39, 0.29) is 11.9 Å². The average molecular weight is 273 g/mol. The molecule has 0 aliphatic carbocycles. The zero-order valence-corrected chi connectivity index (χ0v) is 12.1. The average Bonchev–Trinajstić information content (AvgIpc) is 2.41. The molecule has 106 valence electrons. The van der Waals surface area contributed by atoms with Crippen molar-refractivity contribution in [2.24, 2.45) is 5.73 Å². The fourth-order valence-electron chi connectivity index (χ4n) is 2.42. The van der Waals surface area contributed by atoms with Crippen molar-refractivity contribution in [2.45, 2.75) is 26.3 Å². The zero-order valence-electron chi connectivity index (χ0n) is 12.1. The second-order valence-electron chi connectivity index (χ2n) is 5.13. The lowest BCUT2D eigenvalue weighted by Gasteiger charge is -2.17. The smallest absolute Gasteiger partial charge is 0.123 e. The quantitative estimate of drug-likeness (QED) is 0.922. The van der Waals surface area contributed by atoms with E-state index in [9.17, 15) is 4.39 Å². The molecule has 0 saturated heterocycles. The fraction of sp³-hybridized carbons (Fsp3) is 0.294. The molecule has 0 spiro atoms. The van der Waals surface area contributed by atoms with E-state index in [1.165, 1.54) is 12.1 Å². The monoisotopic (exact) mass is 273 g/mol. The van der Waals surface area contributed by atoms with Gasteiger partial charge in [0.05, 0.1) is 7.11 Å². The molecular formula is C17H20FNO. The number of ether oxygens (including phenoxy) is 1. The normalized spacial score (nSPS) is 12.2. The molecule has 20 heavy (non-hydrogen) atoms. The van der Waals surface area contributed by atoms with Crippen LogP contribution in [0.1, 0.15) is 28.3 Å². The lowest BCUT2D eigenvalue weighted by Crippen LogP contribution is -2.15. The van der Waals surface area contributed by atoms with Gasteiger partial charge in [-0.3, -0.25) is 0 Å². The summed E-state index contributed by atoms with van der Waals surface area (Å²) < 4.78 is 18.7. The first kappa shape index (κ1) is 14.5. The minimum atomic E-state index is -0.253. The predicted molar refractivity (Wildman–Crippen MR) is 79.5 cm³/mol. The summed E-state index contributed by atoms with van der Waals surface area (Å²) in [5.74, 6) is 0.567. The van der Waals surface area contributed by atoms with E-state index in [0.29, 0.717) is 6.42 Å². The molecule has 0 amide bonds. The van der Waals surface area contributed by atoms with Crippen LogP contribution in [0.5, 0.6) is 5.75 Å². The number of hydrogen-bond donors (Lipinski definition) is 1. The van der Waals surface area contributed by atoms with Gasteiger partial charge in [-0.05, 0) is 55.2 Å². The molecule has 0 fully saturated rings. The van der Waals surface area contributed by atoms with Crippen LogP contribution in [-0.2, 0) is 6.42 Å². The van der Waals surface area contributed by atoms with Crippen molar-refractivity contribution >= 4 is 0 Å². The lowest BCUT2D eigenvalue weighted by atomic mass is 9.95. The first-order valence-electron chi connectivity index (χ1n) is 6.66. The highest BCUT2D eigenvalue weighted by molar-refractivity contribution is 5.39. The molecule has 2 aromatic rings. The maximum Gasteiger partial charge on any atom is 0.123 e. The summed E-state index contributed by atoms with van der Waals surface area (Å²) in [5, 5.41) is 0. The van der Waals surface area contributed by atoms with Crippen molar-refractivity contribution in [3.05, 3.63) is 64.5 Å². The molecule has 1 atom stereocenters.